The molecule has 2 heterocycles. The number of benzene rings is 2. The van der Waals surface area contributed by atoms with Gasteiger partial charge in [-0.15, -0.1) is 0 Å². The molecule has 0 unspecified atom stereocenters. The molecular formula is C25H30N4O. The van der Waals surface area contributed by atoms with Gasteiger partial charge in [0.2, 0.25) is 0 Å². The molecule has 2 aliphatic rings. The number of hydrogen-bond acceptors (Lipinski definition) is 4. The summed E-state index contributed by atoms with van der Waals surface area (Å²) < 4.78 is 0. The van der Waals surface area contributed by atoms with Gasteiger partial charge in [0.05, 0.1) is 6.04 Å². The lowest BCUT2D eigenvalue weighted by atomic mass is 9.80. The number of rotatable bonds is 4. The third-order valence-corrected chi connectivity index (χ3v) is 6.59. The first-order chi connectivity index (χ1) is 14.6. The van der Waals surface area contributed by atoms with Crippen molar-refractivity contribution in [3.8, 4) is 22.5 Å². The van der Waals surface area contributed by atoms with Crippen molar-refractivity contribution in [1.29, 1.82) is 0 Å². The van der Waals surface area contributed by atoms with Crippen molar-refractivity contribution in [3.63, 3.8) is 0 Å². The number of nitrogens with zero attached hydrogens (tertiary/aromatic N) is 4. The zero-order chi connectivity index (χ0) is 20.7. The van der Waals surface area contributed by atoms with Crippen molar-refractivity contribution in [2.24, 2.45) is 0 Å². The molecule has 0 radical (unpaired) electrons. The molecule has 0 atom stereocenters. The Balaban J connectivity index is 1.67. The van der Waals surface area contributed by atoms with Crippen LogP contribution in [0.1, 0.15) is 56.7 Å². The third kappa shape index (κ3) is 3.17. The minimum absolute atomic E-state index is 0.175. The second kappa shape index (κ2) is 7.64. The van der Waals surface area contributed by atoms with E-state index in [1.165, 1.54) is 19.3 Å². The number of likely N-dealkylation sites (tertiary alicyclic amines) is 1. The largest absolute Gasteiger partial charge is 0.380 e. The predicted molar refractivity (Wildman–Crippen MR) is 119 cm³/mol. The van der Waals surface area contributed by atoms with Crippen LogP contribution in [-0.4, -0.2) is 44.6 Å². The highest BCUT2D eigenvalue weighted by atomic mass is 16.3. The molecule has 5 nitrogen and oxygen atoms in total. The van der Waals surface area contributed by atoms with Gasteiger partial charge in [-0.1, -0.05) is 55.0 Å². The quantitative estimate of drug-likeness (QED) is 0.692. The third-order valence-electron chi connectivity index (χ3n) is 6.59. The Morgan fingerprint density at radius 2 is 1.40 bits per heavy atom. The van der Waals surface area contributed by atoms with Gasteiger partial charge in [-0.3, -0.25) is 0 Å². The molecule has 156 valence electrons. The Morgan fingerprint density at radius 3 is 1.93 bits per heavy atom. The highest BCUT2D eigenvalue weighted by Gasteiger charge is 2.40. The van der Waals surface area contributed by atoms with Crippen LogP contribution in [0, 0.1) is 0 Å². The molecule has 5 rings (SSSR count). The number of fused-ring (bicyclic) bond motifs is 5. The molecule has 0 saturated carbocycles. The Hall–Kier alpha value is -2.50. The Morgan fingerprint density at radius 1 is 0.867 bits per heavy atom. The van der Waals surface area contributed by atoms with Crippen molar-refractivity contribution < 1.29 is 5.11 Å². The molecule has 1 saturated heterocycles. The van der Waals surface area contributed by atoms with Gasteiger partial charge in [-0.25, -0.2) is 0 Å². The Labute approximate surface area is 178 Å². The lowest BCUT2D eigenvalue weighted by Gasteiger charge is -2.34. The van der Waals surface area contributed by atoms with Crippen LogP contribution in [0.25, 0.3) is 22.5 Å². The number of hydrogen-bond donors (Lipinski definition) is 1. The molecule has 1 N–H and O–H groups in total. The molecule has 0 spiro atoms. The van der Waals surface area contributed by atoms with E-state index in [1.807, 2.05) is 24.3 Å². The highest BCUT2D eigenvalue weighted by Crippen LogP contribution is 2.47. The standard InChI is InChI=1S/C25H30N4O/c1-18(2)29-26-23-19-10-4-6-12-21(19)25(30,14-17-28-15-8-3-9-16-28)22-13-7-5-11-20(22)24(23)27-29/h4-7,10-13,18,30H,3,8-9,14-17H2,1-2H3. The zero-order valence-electron chi connectivity index (χ0n) is 17.9. The maximum atomic E-state index is 12.3. The van der Waals surface area contributed by atoms with Crippen LogP contribution in [0.2, 0.25) is 0 Å². The van der Waals surface area contributed by atoms with Gasteiger partial charge in [-0.2, -0.15) is 15.0 Å². The predicted octanol–water partition coefficient (Wildman–Crippen LogP) is 4.62. The summed E-state index contributed by atoms with van der Waals surface area (Å²) in [5, 5.41) is 22.0. The van der Waals surface area contributed by atoms with E-state index in [2.05, 4.69) is 43.0 Å². The molecule has 1 fully saturated rings. The van der Waals surface area contributed by atoms with E-state index < -0.39 is 5.60 Å². The smallest absolute Gasteiger partial charge is 0.121 e. The van der Waals surface area contributed by atoms with Crippen LogP contribution in [-0.2, 0) is 5.60 Å². The second-order valence-corrected chi connectivity index (χ2v) is 8.92. The fourth-order valence-corrected chi connectivity index (χ4v) is 4.93. The second-order valence-electron chi connectivity index (χ2n) is 8.92. The van der Waals surface area contributed by atoms with Crippen molar-refractivity contribution >= 4 is 0 Å². The number of aliphatic hydroxyl groups is 1. The van der Waals surface area contributed by atoms with E-state index in [1.54, 1.807) is 4.80 Å². The Kier molecular flexibility index (Phi) is 4.95. The van der Waals surface area contributed by atoms with E-state index >= 15 is 0 Å². The van der Waals surface area contributed by atoms with Crippen LogP contribution < -0.4 is 0 Å². The van der Waals surface area contributed by atoms with Crippen molar-refractivity contribution in [1.82, 2.24) is 19.9 Å². The molecule has 5 heteroatoms. The maximum Gasteiger partial charge on any atom is 0.121 e. The average Bonchev–Trinajstić information content (AvgIpc) is 3.21. The minimum atomic E-state index is -1.07. The van der Waals surface area contributed by atoms with Gasteiger partial charge in [0.1, 0.15) is 17.0 Å². The first kappa shape index (κ1) is 19.5. The first-order valence-electron chi connectivity index (χ1n) is 11.2. The van der Waals surface area contributed by atoms with Crippen LogP contribution in [0.15, 0.2) is 48.5 Å². The molecule has 30 heavy (non-hydrogen) atoms. The molecule has 1 aromatic heterocycles. The fraction of sp³-hybridized carbons (Fsp3) is 0.440. The number of aromatic nitrogens is 3. The van der Waals surface area contributed by atoms with Crippen LogP contribution in [0.5, 0.6) is 0 Å². The zero-order valence-corrected chi connectivity index (χ0v) is 17.9. The van der Waals surface area contributed by atoms with Crippen molar-refractivity contribution in [3.05, 3.63) is 59.7 Å². The lowest BCUT2D eigenvalue weighted by molar-refractivity contribution is 0.0557. The summed E-state index contributed by atoms with van der Waals surface area (Å²) in [7, 11) is 0. The summed E-state index contributed by atoms with van der Waals surface area (Å²) in [4.78, 5) is 4.28. The van der Waals surface area contributed by atoms with Crippen molar-refractivity contribution in [2.45, 2.75) is 51.2 Å². The van der Waals surface area contributed by atoms with Gasteiger partial charge in [0.15, 0.2) is 0 Å². The fourth-order valence-electron chi connectivity index (χ4n) is 4.93. The summed E-state index contributed by atoms with van der Waals surface area (Å²) in [5.74, 6) is 0. The van der Waals surface area contributed by atoms with Crippen LogP contribution >= 0.6 is 0 Å². The molecule has 1 aliphatic carbocycles. The van der Waals surface area contributed by atoms with E-state index in [0.717, 1.165) is 53.3 Å². The highest BCUT2D eigenvalue weighted by molar-refractivity contribution is 5.85. The summed E-state index contributed by atoms with van der Waals surface area (Å²) in [5.41, 5.74) is 4.49. The SMILES string of the molecule is CC(C)n1nc2c(n1)-c1ccccc1C(O)(CCN1CCCCC1)c1ccccc1-2. The van der Waals surface area contributed by atoms with Gasteiger partial charge >= 0.3 is 0 Å². The minimum Gasteiger partial charge on any atom is -0.380 e. The molecular weight excluding hydrogens is 372 g/mol. The Bertz CT molecular complexity index is 984. The monoisotopic (exact) mass is 402 g/mol. The van der Waals surface area contributed by atoms with Gasteiger partial charge in [0, 0.05) is 17.7 Å². The van der Waals surface area contributed by atoms with Gasteiger partial charge in [-0.05, 0) is 57.3 Å². The molecule has 0 amide bonds. The molecule has 1 aliphatic heterocycles. The van der Waals surface area contributed by atoms with Gasteiger partial charge in [0.25, 0.3) is 0 Å². The molecule has 3 aromatic rings. The van der Waals surface area contributed by atoms with E-state index in [0.29, 0.717) is 6.42 Å². The summed E-state index contributed by atoms with van der Waals surface area (Å²) >= 11 is 0. The summed E-state index contributed by atoms with van der Waals surface area (Å²) in [6.45, 7) is 7.32. The van der Waals surface area contributed by atoms with E-state index in [4.69, 9.17) is 10.2 Å². The summed E-state index contributed by atoms with van der Waals surface area (Å²) in [6.07, 6.45) is 4.49. The summed E-state index contributed by atoms with van der Waals surface area (Å²) in [6, 6.07) is 16.5. The molecule has 2 aromatic carbocycles. The maximum absolute atomic E-state index is 12.3. The molecule has 0 bridgehead atoms. The lowest BCUT2D eigenvalue weighted by Crippen LogP contribution is -2.37. The first-order valence-corrected chi connectivity index (χ1v) is 11.2. The topological polar surface area (TPSA) is 54.2 Å². The van der Waals surface area contributed by atoms with Crippen molar-refractivity contribution in [2.75, 3.05) is 19.6 Å². The van der Waals surface area contributed by atoms with Crippen LogP contribution in [0.4, 0.5) is 0 Å². The average molecular weight is 403 g/mol. The van der Waals surface area contributed by atoms with E-state index in [-0.39, 0.29) is 6.04 Å². The number of piperidine rings is 1. The van der Waals surface area contributed by atoms with E-state index in [9.17, 15) is 5.11 Å². The normalized spacial score (nSPS) is 17.9. The van der Waals surface area contributed by atoms with Crippen LogP contribution in [0.3, 0.4) is 0 Å². The van der Waals surface area contributed by atoms with Gasteiger partial charge < -0.3 is 10.0 Å².